The molecule has 2 N–H and O–H groups in total. The molecule has 106 valence electrons. The van der Waals surface area contributed by atoms with Gasteiger partial charge in [-0.2, -0.15) is 0 Å². The summed E-state index contributed by atoms with van der Waals surface area (Å²) in [6.07, 6.45) is 15.2. The van der Waals surface area contributed by atoms with Gasteiger partial charge in [0.25, 0.3) is 0 Å². The van der Waals surface area contributed by atoms with Gasteiger partial charge in [-0.25, -0.2) is 0 Å². The molecule has 0 spiro atoms. The molecular formula is C16H32N2. The van der Waals surface area contributed by atoms with E-state index in [-0.39, 0.29) is 0 Å². The lowest BCUT2D eigenvalue weighted by Crippen LogP contribution is -2.60. The third kappa shape index (κ3) is 2.91. The highest BCUT2D eigenvalue weighted by molar-refractivity contribution is 5.01. The minimum Gasteiger partial charge on any atom is -0.326 e. The van der Waals surface area contributed by atoms with Gasteiger partial charge in [0.15, 0.2) is 0 Å². The second-order valence-electron chi connectivity index (χ2n) is 6.84. The summed E-state index contributed by atoms with van der Waals surface area (Å²) in [4.78, 5) is 2.47. The fourth-order valence-corrected chi connectivity index (χ4v) is 4.35. The summed E-state index contributed by atoms with van der Waals surface area (Å²) in [6, 6.07) is 0.394. The molecule has 2 aliphatic carbocycles. The van der Waals surface area contributed by atoms with Crippen molar-refractivity contribution in [1.82, 2.24) is 4.90 Å². The minimum absolute atomic E-state index is 0.290. The summed E-state index contributed by atoms with van der Waals surface area (Å²) in [5.41, 5.74) is 7.08. The maximum Gasteiger partial charge on any atom is 0.0357 e. The number of nitrogens with zero attached hydrogens (tertiary/aromatic N) is 1. The molecule has 2 nitrogen and oxygen atoms in total. The van der Waals surface area contributed by atoms with Gasteiger partial charge < -0.3 is 10.6 Å². The van der Waals surface area contributed by atoms with E-state index in [9.17, 15) is 0 Å². The lowest BCUT2D eigenvalue weighted by atomic mass is 9.71. The maximum absolute atomic E-state index is 6.79. The van der Waals surface area contributed by atoms with Crippen molar-refractivity contribution >= 4 is 0 Å². The molecule has 18 heavy (non-hydrogen) atoms. The van der Waals surface area contributed by atoms with E-state index < -0.39 is 0 Å². The van der Waals surface area contributed by atoms with Crippen LogP contribution >= 0.6 is 0 Å². The minimum atomic E-state index is 0.290. The highest BCUT2D eigenvalue weighted by Crippen LogP contribution is 2.39. The van der Waals surface area contributed by atoms with Gasteiger partial charge in [-0.05, 0) is 45.7 Å². The van der Waals surface area contributed by atoms with Crippen molar-refractivity contribution in [2.24, 2.45) is 11.7 Å². The van der Waals surface area contributed by atoms with Gasteiger partial charge in [-0.3, -0.25) is 0 Å². The van der Waals surface area contributed by atoms with Crippen LogP contribution in [0.2, 0.25) is 0 Å². The molecule has 2 saturated carbocycles. The molecule has 0 bridgehead atoms. The van der Waals surface area contributed by atoms with Gasteiger partial charge in [0, 0.05) is 11.6 Å². The van der Waals surface area contributed by atoms with Gasteiger partial charge in [-0.1, -0.05) is 44.9 Å². The molecule has 2 rings (SSSR count). The summed E-state index contributed by atoms with van der Waals surface area (Å²) < 4.78 is 0. The van der Waals surface area contributed by atoms with Gasteiger partial charge in [0.05, 0.1) is 0 Å². The highest BCUT2D eigenvalue weighted by Gasteiger charge is 2.42. The van der Waals surface area contributed by atoms with Crippen LogP contribution in [0.15, 0.2) is 0 Å². The van der Waals surface area contributed by atoms with E-state index in [4.69, 9.17) is 5.73 Å². The van der Waals surface area contributed by atoms with Crippen LogP contribution in [0.25, 0.3) is 0 Å². The Morgan fingerprint density at radius 2 is 1.39 bits per heavy atom. The van der Waals surface area contributed by atoms with Crippen molar-refractivity contribution in [3.63, 3.8) is 0 Å². The van der Waals surface area contributed by atoms with Gasteiger partial charge >= 0.3 is 0 Å². The molecule has 0 radical (unpaired) electrons. The van der Waals surface area contributed by atoms with Crippen molar-refractivity contribution in [1.29, 1.82) is 0 Å². The largest absolute Gasteiger partial charge is 0.326 e. The average Bonchev–Trinajstić information content (AvgIpc) is 2.65. The third-order valence-electron chi connectivity index (χ3n) is 5.64. The molecule has 2 aliphatic rings. The normalized spacial score (nSPS) is 28.0. The first-order chi connectivity index (χ1) is 8.67. The topological polar surface area (TPSA) is 29.3 Å². The summed E-state index contributed by atoms with van der Waals surface area (Å²) in [6.45, 7) is 0. The molecule has 2 fully saturated rings. The molecule has 0 aliphatic heterocycles. The fourth-order valence-electron chi connectivity index (χ4n) is 4.35. The molecule has 0 aromatic heterocycles. The first-order valence-corrected chi connectivity index (χ1v) is 8.10. The van der Waals surface area contributed by atoms with Crippen LogP contribution in [0.1, 0.15) is 70.6 Å². The van der Waals surface area contributed by atoms with E-state index in [0.29, 0.717) is 11.6 Å². The van der Waals surface area contributed by atoms with E-state index in [2.05, 4.69) is 19.0 Å². The first kappa shape index (κ1) is 14.3. The van der Waals surface area contributed by atoms with E-state index in [0.717, 1.165) is 5.92 Å². The van der Waals surface area contributed by atoms with Crippen LogP contribution in [0, 0.1) is 5.92 Å². The maximum atomic E-state index is 6.79. The van der Waals surface area contributed by atoms with Crippen molar-refractivity contribution in [3.8, 4) is 0 Å². The van der Waals surface area contributed by atoms with Gasteiger partial charge in [-0.15, -0.1) is 0 Å². The molecule has 0 saturated heterocycles. The molecule has 1 unspecified atom stereocenters. The zero-order valence-corrected chi connectivity index (χ0v) is 12.5. The van der Waals surface area contributed by atoms with Crippen molar-refractivity contribution in [2.75, 3.05) is 14.1 Å². The Kier molecular flexibility index (Phi) is 5.08. The average molecular weight is 252 g/mol. The van der Waals surface area contributed by atoms with Crippen LogP contribution in [0.5, 0.6) is 0 Å². The smallest absolute Gasteiger partial charge is 0.0357 e. The Morgan fingerprint density at radius 3 is 1.89 bits per heavy atom. The zero-order valence-electron chi connectivity index (χ0n) is 12.5. The monoisotopic (exact) mass is 252 g/mol. The predicted molar refractivity (Wildman–Crippen MR) is 78.7 cm³/mol. The predicted octanol–water partition coefficient (Wildman–Crippen LogP) is 3.55. The number of likely N-dealkylation sites (N-methyl/N-ethyl adjacent to an activating group) is 1. The summed E-state index contributed by atoms with van der Waals surface area (Å²) in [5.74, 6) is 0.777. The standard InChI is InChI=1S/C16H32N2/c1-18(2)16(12-8-3-4-9-13-16)15(17)14-10-6-5-7-11-14/h14-15H,3-13,17H2,1-2H3. The summed E-state index contributed by atoms with van der Waals surface area (Å²) in [7, 11) is 4.52. The molecular weight excluding hydrogens is 220 g/mol. The van der Waals surface area contributed by atoms with Crippen LogP contribution in [0.3, 0.4) is 0 Å². The molecule has 0 heterocycles. The molecule has 0 aromatic carbocycles. The van der Waals surface area contributed by atoms with Crippen LogP contribution in [0.4, 0.5) is 0 Å². The van der Waals surface area contributed by atoms with Crippen LogP contribution in [-0.4, -0.2) is 30.6 Å². The SMILES string of the molecule is CN(C)C1(C(N)C2CCCCC2)CCCCCC1. The lowest BCUT2D eigenvalue weighted by Gasteiger charge is -2.48. The number of hydrogen-bond acceptors (Lipinski definition) is 2. The molecule has 2 heteroatoms. The Balaban J connectivity index is 2.11. The van der Waals surface area contributed by atoms with Crippen LogP contribution in [-0.2, 0) is 0 Å². The van der Waals surface area contributed by atoms with E-state index in [1.807, 2.05) is 0 Å². The van der Waals surface area contributed by atoms with E-state index in [1.165, 1.54) is 70.6 Å². The third-order valence-corrected chi connectivity index (χ3v) is 5.64. The summed E-state index contributed by atoms with van der Waals surface area (Å²) >= 11 is 0. The van der Waals surface area contributed by atoms with E-state index >= 15 is 0 Å². The number of rotatable bonds is 3. The van der Waals surface area contributed by atoms with Crippen molar-refractivity contribution in [2.45, 2.75) is 82.2 Å². The fraction of sp³-hybridized carbons (Fsp3) is 1.00. The Morgan fingerprint density at radius 1 is 0.889 bits per heavy atom. The Hall–Kier alpha value is -0.0800. The van der Waals surface area contributed by atoms with Crippen molar-refractivity contribution in [3.05, 3.63) is 0 Å². The van der Waals surface area contributed by atoms with Crippen molar-refractivity contribution < 1.29 is 0 Å². The number of nitrogens with two attached hydrogens (primary N) is 1. The molecule has 0 amide bonds. The van der Waals surface area contributed by atoms with Gasteiger partial charge in [0.2, 0.25) is 0 Å². The van der Waals surface area contributed by atoms with E-state index in [1.54, 1.807) is 0 Å². The summed E-state index contributed by atoms with van der Waals surface area (Å²) in [5, 5.41) is 0. The van der Waals surface area contributed by atoms with Gasteiger partial charge in [0.1, 0.15) is 0 Å². The quantitative estimate of drug-likeness (QED) is 0.778. The zero-order chi connectivity index (χ0) is 13.0. The Labute approximate surface area is 113 Å². The molecule has 1 atom stereocenters. The number of hydrogen-bond donors (Lipinski definition) is 1. The highest BCUT2D eigenvalue weighted by atomic mass is 15.2. The molecule has 0 aromatic rings. The van der Waals surface area contributed by atoms with Crippen LogP contribution < -0.4 is 5.73 Å². The first-order valence-electron chi connectivity index (χ1n) is 8.10. The second kappa shape index (κ2) is 6.38. The second-order valence-corrected chi connectivity index (χ2v) is 6.84. The lowest BCUT2D eigenvalue weighted by molar-refractivity contribution is 0.0609. The Bertz CT molecular complexity index is 235.